The van der Waals surface area contributed by atoms with Gasteiger partial charge in [-0.05, 0) is 19.1 Å². The lowest BCUT2D eigenvalue weighted by Crippen LogP contribution is -2.08. The molecule has 1 rings (SSSR count). The van der Waals surface area contributed by atoms with Gasteiger partial charge < -0.3 is 4.74 Å². The first-order valence-electron chi connectivity index (χ1n) is 4.07. The number of halogens is 1. The van der Waals surface area contributed by atoms with Crippen LogP contribution in [-0.4, -0.2) is 17.3 Å². The minimum atomic E-state index is -0.765. The summed E-state index contributed by atoms with van der Waals surface area (Å²) in [6, 6.07) is 2.90. The van der Waals surface area contributed by atoms with Crippen LogP contribution >= 0.6 is 0 Å². The van der Waals surface area contributed by atoms with Crippen LogP contribution in [0, 0.1) is 15.9 Å². The van der Waals surface area contributed by atoms with E-state index in [9.17, 15) is 19.3 Å². The zero-order chi connectivity index (χ0) is 11.4. The van der Waals surface area contributed by atoms with Gasteiger partial charge >= 0.3 is 5.69 Å². The Bertz CT molecular complexity index is 405. The number of Topliss-reactive ketones (excluding diaryl/α,β-unsaturated/α-hetero) is 1. The SMILES string of the molecule is CC(=O)COc1ccc(F)cc1[N+](=O)[O-]. The highest BCUT2D eigenvalue weighted by atomic mass is 19.1. The van der Waals surface area contributed by atoms with Crippen molar-refractivity contribution in [1.82, 2.24) is 0 Å². The van der Waals surface area contributed by atoms with E-state index in [1.165, 1.54) is 6.92 Å². The quantitative estimate of drug-likeness (QED) is 0.563. The lowest BCUT2D eigenvalue weighted by molar-refractivity contribution is -0.386. The van der Waals surface area contributed by atoms with E-state index < -0.39 is 16.4 Å². The molecule has 0 atom stereocenters. The van der Waals surface area contributed by atoms with E-state index in [4.69, 9.17) is 4.74 Å². The van der Waals surface area contributed by atoms with E-state index in [0.29, 0.717) is 0 Å². The molecule has 0 aliphatic heterocycles. The number of nitrogens with zero attached hydrogens (tertiary/aromatic N) is 1. The smallest absolute Gasteiger partial charge is 0.313 e. The van der Waals surface area contributed by atoms with E-state index in [0.717, 1.165) is 18.2 Å². The summed E-state index contributed by atoms with van der Waals surface area (Å²) < 4.78 is 17.5. The largest absolute Gasteiger partial charge is 0.479 e. The first-order chi connectivity index (χ1) is 7.00. The Morgan fingerprint density at radius 3 is 2.80 bits per heavy atom. The highest BCUT2D eigenvalue weighted by molar-refractivity contribution is 5.77. The van der Waals surface area contributed by atoms with Crippen molar-refractivity contribution in [2.24, 2.45) is 0 Å². The second-order valence-corrected chi connectivity index (χ2v) is 2.86. The lowest BCUT2D eigenvalue weighted by Gasteiger charge is -2.03. The van der Waals surface area contributed by atoms with E-state index in [-0.39, 0.29) is 18.1 Å². The first kappa shape index (κ1) is 11.1. The fourth-order valence-electron chi connectivity index (χ4n) is 0.935. The number of carbonyl (C=O) groups excluding carboxylic acids is 1. The molecule has 0 saturated carbocycles. The molecule has 6 heteroatoms. The third kappa shape index (κ3) is 3.01. The fourth-order valence-corrected chi connectivity index (χ4v) is 0.935. The number of hydrogen-bond donors (Lipinski definition) is 0. The number of rotatable bonds is 4. The van der Waals surface area contributed by atoms with E-state index in [1.54, 1.807) is 0 Å². The number of ketones is 1. The van der Waals surface area contributed by atoms with Gasteiger partial charge in [0.05, 0.1) is 11.0 Å². The Morgan fingerprint density at radius 2 is 2.27 bits per heavy atom. The molecule has 0 heterocycles. The van der Waals surface area contributed by atoms with Crippen molar-refractivity contribution in [3.05, 3.63) is 34.1 Å². The summed E-state index contributed by atoms with van der Waals surface area (Å²) in [5, 5.41) is 10.5. The Balaban J connectivity index is 2.95. The molecule has 0 N–H and O–H groups in total. The summed E-state index contributed by atoms with van der Waals surface area (Å²) in [7, 11) is 0. The van der Waals surface area contributed by atoms with E-state index >= 15 is 0 Å². The normalized spacial score (nSPS) is 9.73. The van der Waals surface area contributed by atoms with Crippen molar-refractivity contribution in [1.29, 1.82) is 0 Å². The van der Waals surface area contributed by atoms with Crippen molar-refractivity contribution in [3.63, 3.8) is 0 Å². The van der Waals surface area contributed by atoms with Crippen molar-refractivity contribution < 1.29 is 18.8 Å². The molecule has 0 radical (unpaired) electrons. The molecule has 0 aromatic heterocycles. The Hall–Kier alpha value is -1.98. The van der Waals surface area contributed by atoms with Crippen LogP contribution < -0.4 is 4.74 Å². The molecule has 0 bridgehead atoms. The predicted octanol–water partition coefficient (Wildman–Crippen LogP) is 1.70. The molecular formula is C9H8FNO4. The Kier molecular flexibility index (Phi) is 3.33. The van der Waals surface area contributed by atoms with Gasteiger partial charge in [-0.3, -0.25) is 14.9 Å². The average molecular weight is 213 g/mol. The maximum absolute atomic E-state index is 12.7. The molecule has 0 saturated heterocycles. The maximum atomic E-state index is 12.7. The highest BCUT2D eigenvalue weighted by Crippen LogP contribution is 2.27. The summed E-state index contributed by atoms with van der Waals surface area (Å²) in [5.74, 6) is -1.11. The van der Waals surface area contributed by atoms with E-state index in [1.807, 2.05) is 0 Å². The minimum absolute atomic E-state index is 0.114. The zero-order valence-corrected chi connectivity index (χ0v) is 7.90. The summed E-state index contributed by atoms with van der Waals surface area (Å²) in [4.78, 5) is 20.3. The van der Waals surface area contributed by atoms with Gasteiger partial charge in [0.1, 0.15) is 12.4 Å². The third-order valence-electron chi connectivity index (χ3n) is 1.55. The van der Waals surface area contributed by atoms with E-state index in [2.05, 4.69) is 0 Å². The van der Waals surface area contributed by atoms with Crippen LogP contribution in [0.3, 0.4) is 0 Å². The van der Waals surface area contributed by atoms with Gasteiger partial charge in [0.2, 0.25) is 0 Å². The standard InChI is InChI=1S/C9H8FNO4/c1-6(12)5-15-9-3-2-7(10)4-8(9)11(13)14/h2-4H,5H2,1H3. The molecule has 1 aromatic carbocycles. The second kappa shape index (κ2) is 4.50. The molecule has 0 aliphatic carbocycles. The highest BCUT2D eigenvalue weighted by Gasteiger charge is 2.16. The molecule has 5 nitrogen and oxygen atoms in total. The van der Waals surface area contributed by atoms with Crippen LogP contribution in [0.5, 0.6) is 5.75 Å². The minimum Gasteiger partial charge on any atom is -0.479 e. The lowest BCUT2D eigenvalue weighted by atomic mass is 10.3. The molecule has 0 spiro atoms. The van der Waals surface area contributed by atoms with Crippen molar-refractivity contribution in [2.45, 2.75) is 6.92 Å². The Labute approximate surface area is 84.6 Å². The fraction of sp³-hybridized carbons (Fsp3) is 0.222. The van der Waals surface area contributed by atoms with Crippen molar-refractivity contribution in [3.8, 4) is 5.75 Å². The Morgan fingerprint density at radius 1 is 1.60 bits per heavy atom. The average Bonchev–Trinajstić information content (AvgIpc) is 2.15. The van der Waals surface area contributed by atoms with Crippen molar-refractivity contribution >= 4 is 11.5 Å². The van der Waals surface area contributed by atoms with Gasteiger partial charge in [0, 0.05) is 0 Å². The topological polar surface area (TPSA) is 69.4 Å². The number of benzene rings is 1. The molecule has 0 amide bonds. The number of hydrogen-bond acceptors (Lipinski definition) is 4. The van der Waals surface area contributed by atoms with Crippen molar-refractivity contribution in [2.75, 3.05) is 6.61 Å². The number of nitro benzene ring substituents is 1. The van der Waals surface area contributed by atoms with Gasteiger partial charge in [-0.1, -0.05) is 0 Å². The molecule has 80 valence electrons. The van der Waals surface area contributed by atoms with Crippen LogP contribution in [0.4, 0.5) is 10.1 Å². The second-order valence-electron chi connectivity index (χ2n) is 2.86. The van der Waals surface area contributed by atoms with Gasteiger partial charge in [-0.25, -0.2) is 4.39 Å². The van der Waals surface area contributed by atoms with Crippen LogP contribution in [0.25, 0.3) is 0 Å². The van der Waals surface area contributed by atoms with Crippen LogP contribution in [-0.2, 0) is 4.79 Å². The monoisotopic (exact) mass is 213 g/mol. The summed E-state index contributed by atoms with van der Waals surface area (Å²) in [6.07, 6.45) is 0. The molecule has 15 heavy (non-hydrogen) atoms. The molecule has 0 fully saturated rings. The summed E-state index contributed by atoms with van der Waals surface area (Å²) >= 11 is 0. The van der Waals surface area contributed by atoms with Gasteiger partial charge in [0.15, 0.2) is 11.5 Å². The van der Waals surface area contributed by atoms with Crippen LogP contribution in [0.15, 0.2) is 18.2 Å². The van der Waals surface area contributed by atoms with Gasteiger partial charge in [0.25, 0.3) is 0 Å². The first-order valence-corrected chi connectivity index (χ1v) is 4.07. The summed E-state index contributed by atoms with van der Waals surface area (Å²) in [5.41, 5.74) is -0.490. The molecular weight excluding hydrogens is 205 g/mol. The predicted molar refractivity (Wildman–Crippen MR) is 49.2 cm³/mol. The van der Waals surface area contributed by atoms with Crippen LogP contribution in [0.2, 0.25) is 0 Å². The summed E-state index contributed by atoms with van der Waals surface area (Å²) in [6.45, 7) is 1.02. The molecule has 0 unspecified atom stereocenters. The maximum Gasteiger partial charge on any atom is 0.313 e. The molecule has 0 aliphatic rings. The van der Waals surface area contributed by atoms with Gasteiger partial charge in [-0.15, -0.1) is 0 Å². The molecule has 1 aromatic rings. The zero-order valence-electron chi connectivity index (χ0n) is 7.90. The number of nitro groups is 1. The van der Waals surface area contributed by atoms with Gasteiger partial charge in [-0.2, -0.15) is 0 Å². The number of ether oxygens (including phenoxy) is 1. The number of carbonyl (C=O) groups is 1. The van der Waals surface area contributed by atoms with Crippen LogP contribution in [0.1, 0.15) is 6.92 Å². The third-order valence-corrected chi connectivity index (χ3v) is 1.55.